The summed E-state index contributed by atoms with van der Waals surface area (Å²) in [5, 5.41) is 27.2. The second kappa shape index (κ2) is 9.00. The van der Waals surface area contributed by atoms with Crippen LogP contribution in [-0.2, 0) is 23.5 Å². The minimum absolute atomic E-state index is 0.0513. The standard InChI is InChI=1S/C16H18BN5O5S/c18-4-5-28-9-11-7-22(21-20-11)8-14(23)19-13-6-10-2-1-3-12(16(24)25)15(10)27-17(13)26/h1-3,7,26H,4-6,8-9,18H2,(H,24,25). The summed E-state index contributed by atoms with van der Waals surface area (Å²) in [6.45, 7) is 0.447. The van der Waals surface area contributed by atoms with Crippen molar-refractivity contribution in [2.45, 2.75) is 18.7 Å². The lowest BCUT2D eigenvalue weighted by molar-refractivity contribution is -0.118. The van der Waals surface area contributed by atoms with Gasteiger partial charge in [-0.3, -0.25) is 4.79 Å². The van der Waals surface area contributed by atoms with Gasteiger partial charge in [0.05, 0.1) is 16.9 Å². The number of carbonyl (C=O) groups excluding carboxylic acids is 1. The van der Waals surface area contributed by atoms with Gasteiger partial charge in [0.15, 0.2) is 0 Å². The number of carboxylic acids is 1. The summed E-state index contributed by atoms with van der Waals surface area (Å²) >= 11 is 1.62. The zero-order chi connectivity index (χ0) is 20.1. The molecule has 0 fully saturated rings. The Balaban J connectivity index is 1.67. The summed E-state index contributed by atoms with van der Waals surface area (Å²) in [5.74, 6) is -0.143. The van der Waals surface area contributed by atoms with Crippen molar-refractivity contribution in [2.24, 2.45) is 10.7 Å². The third-order valence-electron chi connectivity index (χ3n) is 3.88. The van der Waals surface area contributed by atoms with E-state index in [4.69, 9.17) is 10.4 Å². The molecule has 1 aromatic carbocycles. The van der Waals surface area contributed by atoms with Gasteiger partial charge in [0.1, 0.15) is 12.3 Å². The van der Waals surface area contributed by atoms with Crippen LogP contribution < -0.4 is 10.4 Å². The maximum Gasteiger partial charge on any atom is 0.575 e. The van der Waals surface area contributed by atoms with E-state index < -0.39 is 19.0 Å². The van der Waals surface area contributed by atoms with Crippen LogP contribution in [0.4, 0.5) is 0 Å². The molecule has 1 aliphatic rings. The Hall–Kier alpha value is -2.70. The summed E-state index contributed by atoms with van der Waals surface area (Å²) in [4.78, 5) is 27.4. The summed E-state index contributed by atoms with van der Waals surface area (Å²) in [7, 11) is -1.49. The first kappa shape index (κ1) is 20.0. The maximum absolute atomic E-state index is 12.2. The first-order chi connectivity index (χ1) is 13.5. The first-order valence-electron chi connectivity index (χ1n) is 8.45. The number of nitrogens with zero attached hydrogens (tertiary/aromatic N) is 4. The van der Waals surface area contributed by atoms with E-state index in [1.807, 2.05) is 0 Å². The van der Waals surface area contributed by atoms with Crippen molar-refractivity contribution >= 4 is 36.4 Å². The van der Waals surface area contributed by atoms with Crippen LogP contribution in [0.25, 0.3) is 0 Å². The molecule has 0 saturated heterocycles. The molecule has 1 aromatic heterocycles. The fourth-order valence-electron chi connectivity index (χ4n) is 2.66. The Kier molecular flexibility index (Phi) is 6.44. The monoisotopic (exact) mass is 403 g/mol. The third-order valence-corrected chi connectivity index (χ3v) is 4.90. The molecule has 1 amide bonds. The number of hydrogen-bond acceptors (Lipinski definition) is 8. The minimum atomic E-state index is -1.49. The second-order valence-electron chi connectivity index (χ2n) is 5.99. The van der Waals surface area contributed by atoms with Crippen LogP contribution in [0.15, 0.2) is 29.4 Å². The van der Waals surface area contributed by atoms with Crippen molar-refractivity contribution in [3.63, 3.8) is 0 Å². The van der Waals surface area contributed by atoms with E-state index in [0.717, 1.165) is 11.4 Å². The van der Waals surface area contributed by atoms with Crippen LogP contribution in [0.1, 0.15) is 21.6 Å². The van der Waals surface area contributed by atoms with Crippen molar-refractivity contribution in [2.75, 3.05) is 12.3 Å². The van der Waals surface area contributed by atoms with Crippen LogP contribution in [0, 0.1) is 0 Å². The van der Waals surface area contributed by atoms with E-state index in [2.05, 4.69) is 15.3 Å². The number of carbonyl (C=O) groups is 2. The molecule has 4 N–H and O–H groups in total. The smallest absolute Gasteiger partial charge is 0.531 e. The van der Waals surface area contributed by atoms with Crippen molar-refractivity contribution in [3.05, 3.63) is 41.2 Å². The molecule has 3 rings (SSSR count). The van der Waals surface area contributed by atoms with E-state index in [-0.39, 0.29) is 29.9 Å². The fraction of sp³-hybridized carbons (Fsp3) is 0.312. The van der Waals surface area contributed by atoms with Gasteiger partial charge in [-0.15, -0.1) is 5.10 Å². The number of aliphatic imine (C=N–C) groups is 1. The molecule has 0 atom stereocenters. The first-order valence-corrected chi connectivity index (χ1v) is 9.60. The summed E-state index contributed by atoms with van der Waals surface area (Å²) in [6.07, 6.45) is 1.77. The minimum Gasteiger partial charge on any atom is -0.531 e. The second-order valence-corrected chi connectivity index (χ2v) is 7.10. The molecule has 2 aromatic rings. The molecule has 2 heterocycles. The summed E-state index contributed by atoms with van der Waals surface area (Å²) < 4.78 is 6.66. The van der Waals surface area contributed by atoms with Crippen molar-refractivity contribution in [3.8, 4) is 5.75 Å². The van der Waals surface area contributed by atoms with Gasteiger partial charge < -0.3 is 20.5 Å². The highest BCUT2D eigenvalue weighted by molar-refractivity contribution is 7.98. The third kappa shape index (κ3) is 4.77. The molecule has 28 heavy (non-hydrogen) atoms. The number of para-hydroxylation sites is 1. The number of fused-ring (bicyclic) bond motifs is 1. The molecule has 0 radical (unpaired) electrons. The Labute approximate surface area is 164 Å². The van der Waals surface area contributed by atoms with E-state index in [0.29, 0.717) is 17.9 Å². The number of carboxylic acid groups (broad SMARTS) is 1. The number of nitrogens with two attached hydrogens (primary N) is 1. The highest BCUT2D eigenvalue weighted by Gasteiger charge is 2.34. The van der Waals surface area contributed by atoms with E-state index in [9.17, 15) is 19.7 Å². The number of aromatic nitrogens is 3. The van der Waals surface area contributed by atoms with Crippen LogP contribution in [0.2, 0.25) is 0 Å². The molecule has 1 aliphatic heterocycles. The molecule has 0 spiro atoms. The molecule has 0 unspecified atom stereocenters. The Morgan fingerprint density at radius 2 is 2.25 bits per heavy atom. The number of thioether (sulfide) groups is 1. The molecule has 0 aliphatic carbocycles. The quantitative estimate of drug-likeness (QED) is 0.421. The molecule has 0 saturated carbocycles. The van der Waals surface area contributed by atoms with Crippen LogP contribution in [0.3, 0.4) is 0 Å². The predicted molar refractivity (Wildman–Crippen MR) is 103 cm³/mol. The van der Waals surface area contributed by atoms with Crippen LogP contribution in [0.5, 0.6) is 5.75 Å². The van der Waals surface area contributed by atoms with Gasteiger partial charge in [-0.05, 0) is 11.6 Å². The Morgan fingerprint density at radius 3 is 3.00 bits per heavy atom. The van der Waals surface area contributed by atoms with Gasteiger partial charge in [-0.2, -0.15) is 11.8 Å². The van der Waals surface area contributed by atoms with Gasteiger partial charge in [0.2, 0.25) is 0 Å². The van der Waals surface area contributed by atoms with Crippen molar-refractivity contribution in [1.29, 1.82) is 0 Å². The topological polar surface area (TPSA) is 153 Å². The van der Waals surface area contributed by atoms with Crippen LogP contribution in [-0.4, -0.2) is 62.0 Å². The molecule has 0 bridgehead atoms. The predicted octanol–water partition coefficient (Wildman–Crippen LogP) is -0.209. The molecular formula is C16H18BN5O5S. The lowest BCUT2D eigenvalue weighted by atomic mass is 9.75. The molecular weight excluding hydrogens is 385 g/mol. The lowest BCUT2D eigenvalue weighted by Crippen LogP contribution is -2.39. The average molecular weight is 403 g/mol. The van der Waals surface area contributed by atoms with E-state index in [1.165, 1.54) is 10.7 Å². The normalized spacial score (nSPS) is 14.6. The largest absolute Gasteiger partial charge is 0.575 e. The summed E-state index contributed by atoms with van der Waals surface area (Å²) in [5.41, 5.74) is 6.76. The zero-order valence-electron chi connectivity index (χ0n) is 14.8. The number of amides is 1. The van der Waals surface area contributed by atoms with E-state index in [1.54, 1.807) is 30.1 Å². The molecule has 12 heteroatoms. The maximum atomic E-state index is 12.2. The highest BCUT2D eigenvalue weighted by Crippen LogP contribution is 2.29. The fourth-order valence-corrected chi connectivity index (χ4v) is 3.32. The van der Waals surface area contributed by atoms with Crippen LogP contribution >= 0.6 is 11.8 Å². The lowest BCUT2D eigenvalue weighted by Gasteiger charge is -2.22. The van der Waals surface area contributed by atoms with Gasteiger partial charge >= 0.3 is 13.1 Å². The van der Waals surface area contributed by atoms with Gasteiger partial charge in [0.25, 0.3) is 5.91 Å². The SMILES string of the molecule is NCCSCc1cn(CC(=O)N=C2Cc3cccc(C(=O)O)c3OB2O)nn1. The number of aromatic carboxylic acids is 1. The zero-order valence-corrected chi connectivity index (χ0v) is 15.6. The highest BCUT2D eigenvalue weighted by atomic mass is 32.2. The van der Waals surface area contributed by atoms with E-state index >= 15 is 0 Å². The molecule has 146 valence electrons. The van der Waals surface area contributed by atoms with Crippen molar-refractivity contribution in [1.82, 2.24) is 15.0 Å². The number of benzene rings is 1. The van der Waals surface area contributed by atoms with Gasteiger partial charge in [0, 0.05) is 30.7 Å². The number of hydrogen-bond donors (Lipinski definition) is 3. The Bertz CT molecular complexity index is 919. The van der Waals surface area contributed by atoms with Gasteiger partial charge in [-0.1, -0.05) is 17.3 Å². The summed E-state index contributed by atoms with van der Waals surface area (Å²) in [6, 6.07) is 4.62. The average Bonchev–Trinajstić information content (AvgIpc) is 3.09. The van der Waals surface area contributed by atoms with Crippen molar-refractivity contribution < 1.29 is 24.4 Å². The number of rotatable bonds is 7. The Morgan fingerprint density at radius 1 is 1.43 bits per heavy atom. The molecule has 10 nitrogen and oxygen atoms in total. The van der Waals surface area contributed by atoms with Gasteiger partial charge in [-0.25, -0.2) is 14.5 Å².